The van der Waals surface area contributed by atoms with Crippen LogP contribution in [0.2, 0.25) is 0 Å². The molecule has 1 saturated heterocycles. The van der Waals surface area contributed by atoms with Gasteiger partial charge < -0.3 is 24.4 Å². The van der Waals surface area contributed by atoms with Crippen molar-refractivity contribution in [3.8, 4) is 0 Å². The number of benzene rings is 1. The first-order valence-electron chi connectivity index (χ1n) is 11.2. The molecule has 2 amide bonds. The number of furan rings is 1. The van der Waals surface area contributed by atoms with Crippen molar-refractivity contribution in [1.29, 1.82) is 0 Å². The van der Waals surface area contributed by atoms with Crippen LogP contribution in [-0.4, -0.2) is 68.0 Å². The van der Waals surface area contributed by atoms with Crippen molar-refractivity contribution >= 4 is 23.3 Å². The Hall–Kier alpha value is -3.81. The van der Waals surface area contributed by atoms with Crippen molar-refractivity contribution < 1.29 is 14.0 Å². The van der Waals surface area contributed by atoms with Crippen molar-refractivity contribution in [3.63, 3.8) is 0 Å². The fourth-order valence-corrected chi connectivity index (χ4v) is 3.93. The van der Waals surface area contributed by atoms with Crippen LogP contribution in [-0.2, 0) is 0 Å². The number of carbonyl (C=O) groups is 2. The molecule has 33 heavy (non-hydrogen) atoms. The first kappa shape index (κ1) is 22.4. The van der Waals surface area contributed by atoms with E-state index in [1.807, 2.05) is 25.2 Å². The lowest BCUT2D eigenvalue weighted by atomic mass is 10.2. The van der Waals surface area contributed by atoms with E-state index in [4.69, 9.17) is 4.42 Å². The van der Waals surface area contributed by atoms with Gasteiger partial charge >= 0.3 is 0 Å². The van der Waals surface area contributed by atoms with Crippen molar-refractivity contribution in [1.82, 2.24) is 15.2 Å². The average molecular weight is 448 g/mol. The molecular weight excluding hydrogens is 418 g/mol. The molecular formula is C25H29N5O3. The maximum Gasteiger partial charge on any atom is 0.289 e. The Morgan fingerprint density at radius 2 is 1.82 bits per heavy atom. The molecule has 1 aliphatic heterocycles. The predicted molar refractivity (Wildman–Crippen MR) is 128 cm³/mol. The Morgan fingerprint density at radius 1 is 1.03 bits per heavy atom. The van der Waals surface area contributed by atoms with Crippen molar-refractivity contribution in [2.45, 2.75) is 6.42 Å². The Bertz CT molecular complexity index is 1050. The highest BCUT2D eigenvalue weighted by atomic mass is 16.3. The van der Waals surface area contributed by atoms with Gasteiger partial charge in [0.15, 0.2) is 5.76 Å². The molecule has 1 aliphatic rings. The van der Waals surface area contributed by atoms with Gasteiger partial charge in [-0.15, -0.1) is 0 Å². The number of anilines is 2. The number of nitrogens with zero attached hydrogens (tertiary/aromatic N) is 4. The molecule has 8 nitrogen and oxygen atoms in total. The summed E-state index contributed by atoms with van der Waals surface area (Å²) in [6.45, 7) is 3.72. The van der Waals surface area contributed by atoms with E-state index in [9.17, 15) is 9.59 Å². The third kappa shape index (κ3) is 5.52. The SMILES string of the molecule is CN(CCCNC(=O)c1cccnc1N1CCN(C(=O)c2ccco2)CC1)c1ccccc1. The van der Waals surface area contributed by atoms with Crippen molar-refractivity contribution in [2.24, 2.45) is 0 Å². The molecule has 172 valence electrons. The lowest BCUT2D eigenvalue weighted by molar-refractivity contribution is 0.0713. The second-order valence-electron chi connectivity index (χ2n) is 8.00. The molecule has 0 bridgehead atoms. The summed E-state index contributed by atoms with van der Waals surface area (Å²) >= 11 is 0. The number of aromatic nitrogens is 1. The Morgan fingerprint density at radius 3 is 2.55 bits per heavy atom. The summed E-state index contributed by atoms with van der Waals surface area (Å²) in [6.07, 6.45) is 4.03. The summed E-state index contributed by atoms with van der Waals surface area (Å²) in [4.78, 5) is 35.8. The standard InChI is InChI=1S/C25H29N5O3/c1-28(20-8-3-2-4-9-20)14-7-13-27-24(31)21-10-5-12-26-23(21)29-15-17-30(18-16-29)25(32)22-11-6-19-33-22/h2-6,8-12,19H,7,13-18H2,1H3,(H,27,31). The Kier molecular flexibility index (Phi) is 7.24. The smallest absolute Gasteiger partial charge is 0.289 e. The Balaban J connectivity index is 1.29. The fraction of sp³-hybridized carbons (Fsp3) is 0.320. The van der Waals surface area contributed by atoms with E-state index in [0.29, 0.717) is 49.9 Å². The fourth-order valence-electron chi connectivity index (χ4n) is 3.93. The van der Waals surface area contributed by atoms with Crippen LogP contribution in [0.4, 0.5) is 11.5 Å². The van der Waals surface area contributed by atoms with Crippen LogP contribution in [0, 0.1) is 0 Å². The number of hydrogen-bond acceptors (Lipinski definition) is 6. The zero-order valence-electron chi connectivity index (χ0n) is 18.8. The van der Waals surface area contributed by atoms with E-state index in [1.165, 1.54) is 6.26 Å². The van der Waals surface area contributed by atoms with Gasteiger partial charge in [0, 0.05) is 58.2 Å². The van der Waals surface area contributed by atoms with Crippen LogP contribution >= 0.6 is 0 Å². The van der Waals surface area contributed by atoms with Gasteiger partial charge in [0.2, 0.25) is 0 Å². The quantitative estimate of drug-likeness (QED) is 0.535. The van der Waals surface area contributed by atoms with Gasteiger partial charge in [-0.25, -0.2) is 4.98 Å². The van der Waals surface area contributed by atoms with E-state index >= 15 is 0 Å². The van der Waals surface area contributed by atoms with Crippen LogP contribution in [0.1, 0.15) is 27.3 Å². The second kappa shape index (κ2) is 10.7. The van der Waals surface area contributed by atoms with Gasteiger partial charge in [0.1, 0.15) is 5.82 Å². The van der Waals surface area contributed by atoms with E-state index in [-0.39, 0.29) is 11.8 Å². The van der Waals surface area contributed by atoms with Gasteiger partial charge in [-0.05, 0) is 42.8 Å². The highest BCUT2D eigenvalue weighted by molar-refractivity contribution is 5.99. The van der Waals surface area contributed by atoms with Crippen LogP contribution in [0.3, 0.4) is 0 Å². The van der Waals surface area contributed by atoms with Crippen molar-refractivity contribution in [2.75, 3.05) is 56.1 Å². The molecule has 0 radical (unpaired) electrons. The van der Waals surface area contributed by atoms with Crippen LogP contribution in [0.5, 0.6) is 0 Å². The van der Waals surface area contributed by atoms with Gasteiger partial charge in [0.05, 0.1) is 11.8 Å². The minimum atomic E-state index is -0.130. The first-order valence-corrected chi connectivity index (χ1v) is 11.2. The molecule has 1 fully saturated rings. The van der Waals surface area contributed by atoms with E-state index in [2.05, 4.69) is 32.2 Å². The van der Waals surface area contributed by atoms with Crippen molar-refractivity contribution in [3.05, 3.63) is 78.4 Å². The van der Waals surface area contributed by atoms with Crippen LogP contribution in [0.15, 0.2) is 71.5 Å². The molecule has 1 aromatic carbocycles. The third-order valence-corrected chi connectivity index (χ3v) is 5.78. The number of piperazine rings is 1. The molecule has 1 N–H and O–H groups in total. The van der Waals surface area contributed by atoms with Crippen LogP contribution in [0.25, 0.3) is 0 Å². The minimum absolute atomic E-state index is 0.112. The number of para-hydroxylation sites is 1. The lowest BCUT2D eigenvalue weighted by Gasteiger charge is -2.35. The molecule has 8 heteroatoms. The summed E-state index contributed by atoms with van der Waals surface area (Å²) in [5.41, 5.74) is 1.71. The van der Waals surface area contributed by atoms with Gasteiger partial charge in [-0.1, -0.05) is 18.2 Å². The molecule has 3 heterocycles. The maximum atomic E-state index is 12.9. The summed E-state index contributed by atoms with van der Waals surface area (Å²) in [5, 5.41) is 3.02. The topological polar surface area (TPSA) is 81.9 Å². The monoisotopic (exact) mass is 447 g/mol. The summed E-state index contributed by atoms with van der Waals surface area (Å²) in [6, 6.07) is 17.1. The number of pyridine rings is 1. The number of carbonyl (C=O) groups excluding carboxylic acids is 2. The van der Waals surface area contributed by atoms with Gasteiger partial charge in [0.25, 0.3) is 11.8 Å². The largest absolute Gasteiger partial charge is 0.459 e. The normalized spacial score (nSPS) is 13.6. The zero-order chi connectivity index (χ0) is 23.0. The Labute approximate surface area is 193 Å². The molecule has 0 unspecified atom stereocenters. The highest BCUT2D eigenvalue weighted by Gasteiger charge is 2.26. The minimum Gasteiger partial charge on any atom is -0.459 e. The third-order valence-electron chi connectivity index (χ3n) is 5.78. The molecule has 2 aromatic heterocycles. The summed E-state index contributed by atoms with van der Waals surface area (Å²) in [5.74, 6) is 0.759. The predicted octanol–water partition coefficient (Wildman–Crippen LogP) is 2.89. The van der Waals surface area contributed by atoms with Crippen LogP contribution < -0.4 is 15.1 Å². The molecule has 0 aliphatic carbocycles. The maximum absolute atomic E-state index is 12.9. The zero-order valence-corrected chi connectivity index (χ0v) is 18.8. The number of hydrogen-bond donors (Lipinski definition) is 1. The molecule has 4 rings (SSSR count). The summed E-state index contributed by atoms with van der Waals surface area (Å²) < 4.78 is 5.22. The molecule has 3 aromatic rings. The average Bonchev–Trinajstić information content (AvgIpc) is 3.42. The highest BCUT2D eigenvalue weighted by Crippen LogP contribution is 2.20. The number of rotatable bonds is 8. The lowest BCUT2D eigenvalue weighted by Crippen LogP contribution is -2.49. The molecule has 0 saturated carbocycles. The van der Waals surface area contributed by atoms with E-state index in [1.54, 1.807) is 35.4 Å². The van der Waals surface area contributed by atoms with E-state index in [0.717, 1.165) is 18.7 Å². The van der Waals surface area contributed by atoms with Gasteiger partial charge in [-0.2, -0.15) is 0 Å². The molecule has 0 spiro atoms. The number of nitrogens with one attached hydrogen (secondary N) is 1. The first-order chi connectivity index (χ1) is 16.1. The van der Waals surface area contributed by atoms with E-state index < -0.39 is 0 Å². The number of amides is 2. The summed E-state index contributed by atoms with van der Waals surface area (Å²) in [7, 11) is 2.05. The molecule has 0 atom stereocenters. The second-order valence-corrected chi connectivity index (χ2v) is 8.00. The van der Waals surface area contributed by atoms with Gasteiger partial charge in [-0.3, -0.25) is 9.59 Å².